The minimum atomic E-state index is -4.31. The number of carbonyl (C=O) groups excluding carboxylic acids is 1. The molecule has 1 atom stereocenters. The first-order valence-electron chi connectivity index (χ1n) is 4.87. The number of halogens is 3. The maximum atomic E-state index is 11.9. The molecule has 0 aromatic rings. The minimum absolute atomic E-state index is 0.255. The fraction of sp³-hybridized carbons (Fsp3) is 0.889. The number of hydrogen-bond donors (Lipinski definition) is 0. The number of thioether (sulfide) groups is 1. The molecule has 6 heteroatoms. The van der Waals surface area contributed by atoms with Crippen LogP contribution in [0.1, 0.15) is 19.8 Å². The first-order chi connectivity index (χ1) is 6.88. The van der Waals surface area contributed by atoms with Crippen LogP contribution in [0.2, 0.25) is 0 Å². The fourth-order valence-electron chi connectivity index (χ4n) is 1.65. The van der Waals surface area contributed by atoms with Crippen LogP contribution < -0.4 is 0 Å². The molecule has 1 unspecified atom stereocenters. The SMILES string of the molecule is CC1CCCN(C(=O)CSC(F)(F)F)C1. The molecule has 0 aromatic heterocycles. The fourth-order valence-corrected chi connectivity index (χ4v) is 2.12. The normalized spacial score (nSPS) is 22.9. The highest BCUT2D eigenvalue weighted by molar-refractivity contribution is 8.00. The number of hydrogen-bond acceptors (Lipinski definition) is 2. The number of likely N-dealkylation sites (tertiary alicyclic amines) is 1. The van der Waals surface area contributed by atoms with Gasteiger partial charge in [-0.3, -0.25) is 4.79 Å². The van der Waals surface area contributed by atoms with Crippen molar-refractivity contribution in [1.29, 1.82) is 0 Å². The Morgan fingerprint density at radius 3 is 2.73 bits per heavy atom. The van der Waals surface area contributed by atoms with Crippen LogP contribution in [0.5, 0.6) is 0 Å². The van der Waals surface area contributed by atoms with Crippen molar-refractivity contribution in [3.05, 3.63) is 0 Å². The van der Waals surface area contributed by atoms with Gasteiger partial charge in [-0.25, -0.2) is 0 Å². The number of rotatable bonds is 2. The van der Waals surface area contributed by atoms with Gasteiger partial charge in [0.25, 0.3) is 0 Å². The van der Waals surface area contributed by atoms with Crippen LogP contribution in [0.25, 0.3) is 0 Å². The van der Waals surface area contributed by atoms with Crippen molar-refractivity contribution in [2.45, 2.75) is 25.3 Å². The summed E-state index contributed by atoms with van der Waals surface area (Å²) in [6.45, 7) is 3.20. The Hall–Kier alpha value is -0.390. The van der Waals surface area contributed by atoms with Crippen molar-refractivity contribution < 1.29 is 18.0 Å². The molecule has 1 aliphatic heterocycles. The van der Waals surface area contributed by atoms with E-state index in [1.807, 2.05) is 6.92 Å². The summed E-state index contributed by atoms with van der Waals surface area (Å²) in [5.41, 5.74) is -4.31. The van der Waals surface area contributed by atoms with Crippen LogP contribution >= 0.6 is 11.8 Å². The third-order valence-corrected chi connectivity index (χ3v) is 3.09. The van der Waals surface area contributed by atoms with Crippen molar-refractivity contribution in [2.24, 2.45) is 5.92 Å². The zero-order valence-corrected chi connectivity index (χ0v) is 9.33. The molecule has 1 amide bonds. The average Bonchev–Trinajstić information content (AvgIpc) is 2.13. The summed E-state index contributed by atoms with van der Waals surface area (Å²) in [6, 6.07) is 0. The van der Waals surface area contributed by atoms with Crippen molar-refractivity contribution in [2.75, 3.05) is 18.8 Å². The van der Waals surface area contributed by atoms with Crippen LogP contribution in [0.3, 0.4) is 0 Å². The number of carbonyl (C=O) groups is 1. The molecule has 0 aromatic carbocycles. The van der Waals surface area contributed by atoms with E-state index in [0.29, 0.717) is 19.0 Å². The van der Waals surface area contributed by atoms with Crippen molar-refractivity contribution in [3.8, 4) is 0 Å². The maximum Gasteiger partial charge on any atom is 0.442 e. The van der Waals surface area contributed by atoms with Gasteiger partial charge < -0.3 is 4.90 Å². The lowest BCUT2D eigenvalue weighted by atomic mass is 10.0. The highest BCUT2D eigenvalue weighted by Crippen LogP contribution is 2.30. The number of nitrogens with zero attached hydrogens (tertiary/aromatic N) is 1. The summed E-state index contributed by atoms with van der Waals surface area (Å²) in [5.74, 6) is -0.488. The van der Waals surface area contributed by atoms with E-state index in [1.54, 1.807) is 0 Å². The largest absolute Gasteiger partial charge is 0.442 e. The molecule has 0 radical (unpaired) electrons. The van der Waals surface area contributed by atoms with Gasteiger partial charge in [-0.2, -0.15) is 13.2 Å². The smallest absolute Gasteiger partial charge is 0.342 e. The lowest BCUT2D eigenvalue weighted by Crippen LogP contribution is -2.40. The zero-order chi connectivity index (χ0) is 11.5. The van der Waals surface area contributed by atoms with E-state index in [-0.39, 0.29) is 11.8 Å². The van der Waals surface area contributed by atoms with Gasteiger partial charge in [0.1, 0.15) is 0 Å². The predicted octanol–water partition coefficient (Wildman–Crippen LogP) is 2.50. The molecule has 0 N–H and O–H groups in total. The second-order valence-electron chi connectivity index (χ2n) is 3.82. The van der Waals surface area contributed by atoms with Gasteiger partial charge in [0.05, 0.1) is 5.75 Å². The number of amides is 1. The van der Waals surface area contributed by atoms with E-state index in [4.69, 9.17) is 0 Å². The molecule has 1 fully saturated rings. The molecule has 1 saturated heterocycles. The van der Waals surface area contributed by atoms with Crippen molar-refractivity contribution >= 4 is 17.7 Å². The molecule has 0 saturated carbocycles. The first kappa shape index (κ1) is 12.7. The summed E-state index contributed by atoms with van der Waals surface area (Å²) >= 11 is -0.255. The van der Waals surface area contributed by atoms with Crippen LogP contribution in [0.15, 0.2) is 0 Å². The monoisotopic (exact) mass is 241 g/mol. The van der Waals surface area contributed by atoms with E-state index in [1.165, 1.54) is 4.90 Å². The molecule has 88 valence electrons. The maximum absolute atomic E-state index is 11.9. The van der Waals surface area contributed by atoms with Crippen molar-refractivity contribution in [3.63, 3.8) is 0 Å². The molecule has 2 nitrogen and oxygen atoms in total. The summed E-state index contributed by atoms with van der Waals surface area (Å²) in [6.07, 6.45) is 1.94. The Labute approximate surface area is 91.2 Å². The van der Waals surface area contributed by atoms with Gasteiger partial charge in [-0.05, 0) is 30.5 Å². The molecule has 1 rings (SSSR count). The minimum Gasteiger partial charge on any atom is -0.342 e. The van der Waals surface area contributed by atoms with E-state index in [2.05, 4.69) is 0 Å². The highest BCUT2D eigenvalue weighted by Gasteiger charge is 2.31. The van der Waals surface area contributed by atoms with E-state index in [9.17, 15) is 18.0 Å². The van der Waals surface area contributed by atoms with Crippen molar-refractivity contribution in [1.82, 2.24) is 4.90 Å². The summed E-state index contributed by atoms with van der Waals surface area (Å²) < 4.78 is 35.6. The van der Waals surface area contributed by atoms with Gasteiger partial charge in [-0.1, -0.05) is 6.92 Å². The number of alkyl halides is 3. The molecular weight excluding hydrogens is 227 g/mol. The molecule has 0 aliphatic carbocycles. The third kappa shape index (κ3) is 4.77. The Morgan fingerprint density at radius 2 is 2.20 bits per heavy atom. The highest BCUT2D eigenvalue weighted by atomic mass is 32.2. The summed E-state index contributed by atoms with van der Waals surface area (Å²) in [4.78, 5) is 12.9. The lowest BCUT2D eigenvalue weighted by molar-refractivity contribution is -0.130. The molecular formula is C9H14F3NOS. The van der Waals surface area contributed by atoms with Crippen LogP contribution in [-0.2, 0) is 4.79 Å². The van der Waals surface area contributed by atoms with Gasteiger partial charge >= 0.3 is 5.51 Å². The van der Waals surface area contributed by atoms with Gasteiger partial charge in [0.2, 0.25) is 5.91 Å². The predicted molar refractivity (Wildman–Crippen MR) is 53.5 cm³/mol. The molecule has 1 heterocycles. The summed E-state index contributed by atoms with van der Waals surface area (Å²) in [7, 11) is 0. The second kappa shape index (κ2) is 5.09. The van der Waals surface area contributed by atoms with Crippen LogP contribution in [-0.4, -0.2) is 35.2 Å². The van der Waals surface area contributed by atoms with Gasteiger partial charge in [-0.15, -0.1) is 0 Å². The van der Waals surface area contributed by atoms with E-state index >= 15 is 0 Å². The lowest BCUT2D eigenvalue weighted by Gasteiger charge is -2.30. The standard InChI is InChI=1S/C9H14F3NOS/c1-7-3-2-4-13(5-7)8(14)6-15-9(10,11)12/h7H,2-6H2,1H3. The Balaban J connectivity index is 2.33. The van der Waals surface area contributed by atoms with E-state index in [0.717, 1.165) is 12.8 Å². The van der Waals surface area contributed by atoms with E-state index < -0.39 is 17.2 Å². The molecule has 1 aliphatic rings. The Bertz CT molecular complexity index is 232. The average molecular weight is 241 g/mol. The van der Waals surface area contributed by atoms with Crippen LogP contribution in [0, 0.1) is 5.92 Å². The molecule has 0 bridgehead atoms. The van der Waals surface area contributed by atoms with Gasteiger partial charge in [0.15, 0.2) is 0 Å². The zero-order valence-electron chi connectivity index (χ0n) is 8.51. The Morgan fingerprint density at radius 1 is 1.53 bits per heavy atom. The quantitative estimate of drug-likeness (QED) is 0.740. The number of piperidine rings is 1. The Kier molecular flexibility index (Phi) is 4.31. The van der Waals surface area contributed by atoms with Gasteiger partial charge in [0, 0.05) is 13.1 Å². The molecule has 0 spiro atoms. The summed E-state index contributed by atoms with van der Waals surface area (Å²) in [5, 5.41) is 0. The third-order valence-electron chi connectivity index (χ3n) is 2.37. The topological polar surface area (TPSA) is 20.3 Å². The first-order valence-corrected chi connectivity index (χ1v) is 5.85. The second-order valence-corrected chi connectivity index (χ2v) is 4.86. The van der Waals surface area contributed by atoms with Crippen LogP contribution in [0.4, 0.5) is 13.2 Å². The molecule has 15 heavy (non-hydrogen) atoms.